The molecule has 92 valence electrons. The molecule has 0 aliphatic rings. The summed E-state index contributed by atoms with van der Waals surface area (Å²) in [5.74, 6) is 0.457. The molecule has 1 nitrogen and oxygen atoms in total. The summed E-state index contributed by atoms with van der Waals surface area (Å²) >= 11 is 0. The molecular weight excluding hydrogens is 227 g/mol. The molecule has 0 radical (unpaired) electrons. The van der Waals surface area contributed by atoms with E-state index in [1.165, 1.54) is 12.1 Å². The molecule has 0 saturated heterocycles. The highest BCUT2D eigenvalue weighted by molar-refractivity contribution is 5.35. The van der Waals surface area contributed by atoms with Gasteiger partial charge < -0.3 is 4.74 Å². The fourth-order valence-corrected chi connectivity index (χ4v) is 1.74. The minimum atomic E-state index is -0.251. The summed E-state index contributed by atoms with van der Waals surface area (Å²) in [5, 5.41) is 0. The number of rotatable bonds is 5. The third-order valence-corrected chi connectivity index (χ3v) is 2.62. The lowest BCUT2D eigenvalue weighted by molar-refractivity contribution is 0.303. The molecule has 0 fully saturated rings. The van der Waals surface area contributed by atoms with Crippen LogP contribution in [0.25, 0.3) is 0 Å². The summed E-state index contributed by atoms with van der Waals surface area (Å²) in [4.78, 5) is 0. The molecule has 0 bridgehead atoms. The summed E-state index contributed by atoms with van der Waals surface area (Å²) in [6.45, 7) is 4.15. The number of hydrogen-bond acceptors (Lipinski definition) is 1. The molecule has 18 heavy (non-hydrogen) atoms. The van der Waals surface area contributed by atoms with Crippen molar-refractivity contribution in [3.63, 3.8) is 0 Å². The quantitative estimate of drug-likeness (QED) is 0.716. The van der Waals surface area contributed by atoms with Gasteiger partial charge in [0.15, 0.2) is 0 Å². The number of halogens is 1. The Balaban J connectivity index is 2.11. The van der Waals surface area contributed by atoms with Gasteiger partial charge in [-0.3, -0.25) is 0 Å². The highest BCUT2D eigenvalue weighted by atomic mass is 19.1. The van der Waals surface area contributed by atoms with Crippen LogP contribution >= 0.6 is 0 Å². The monoisotopic (exact) mass is 242 g/mol. The number of benzene rings is 2. The third kappa shape index (κ3) is 3.20. The largest absolute Gasteiger partial charge is 0.489 e. The van der Waals surface area contributed by atoms with Crippen molar-refractivity contribution < 1.29 is 9.13 Å². The van der Waals surface area contributed by atoms with Gasteiger partial charge in [-0.1, -0.05) is 36.4 Å². The van der Waals surface area contributed by atoms with E-state index in [-0.39, 0.29) is 5.82 Å². The zero-order valence-corrected chi connectivity index (χ0v) is 10.1. The number of hydrogen-bond donors (Lipinski definition) is 0. The van der Waals surface area contributed by atoms with Crippen molar-refractivity contribution in [1.29, 1.82) is 0 Å². The van der Waals surface area contributed by atoms with Crippen LogP contribution in [0, 0.1) is 5.82 Å². The van der Waals surface area contributed by atoms with Gasteiger partial charge in [-0.05, 0) is 30.2 Å². The minimum Gasteiger partial charge on any atom is -0.489 e. The molecule has 0 saturated carbocycles. The van der Waals surface area contributed by atoms with E-state index in [0.717, 1.165) is 11.1 Å². The first-order valence-electron chi connectivity index (χ1n) is 5.85. The van der Waals surface area contributed by atoms with Crippen LogP contribution in [0.4, 0.5) is 4.39 Å². The van der Waals surface area contributed by atoms with Gasteiger partial charge in [0.05, 0.1) is 0 Å². The average Bonchev–Trinajstić information content (AvgIpc) is 2.39. The molecule has 0 amide bonds. The molecule has 2 heteroatoms. The molecule has 0 unspecified atom stereocenters. The van der Waals surface area contributed by atoms with Gasteiger partial charge in [-0.25, -0.2) is 4.39 Å². The van der Waals surface area contributed by atoms with Gasteiger partial charge in [0, 0.05) is 5.56 Å². The van der Waals surface area contributed by atoms with Crippen molar-refractivity contribution in [2.45, 2.75) is 13.0 Å². The Kier molecular flexibility index (Phi) is 4.13. The third-order valence-electron chi connectivity index (χ3n) is 2.62. The van der Waals surface area contributed by atoms with Gasteiger partial charge in [-0.2, -0.15) is 0 Å². The lowest BCUT2D eigenvalue weighted by Crippen LogP contribution is -1.98. The summed E-state index contributed by atoms with van der Waals surface area (Å²) in [7, 11) is 0. The Labute approximate surface area is 107 Å². The van der Waals surface area contributed by atoms with Gasteiger partial charge >= 0.3 is 0 Å². The van der Waals surface area contributed by atoms with Gasteiger partial charge in [0.2, 0.25) is 0 Å². The van der Waals surface area contributed by atoms with E-state index in [2.05, 4.69) is 6.58 Å². The molecule has 0 N–H and O–H groups in total. The molecule has 0 heterocycles. The first-order chi connectivity index (χ1) is 8.79. The van der Waals surface area contributed by atoms with E-state index in [0.29, 0.717) is 18.8 Å². The van der Waals surface area contributed by atoms with Gasteiger partial charge in [-0.15, -0.1) is 6.58 Å². The van der Waals surface area contributed by atoms with Crippen LogP contribution < -0.4 is 4.74 Å². The molecule has 2 aromatic rings. The Morgan fingerprint density at radius 1 is 1.11 bits per heavy atom. The second-order valence-electron chi connectivity index (χ2n) is 4.02. The Morgan fingerprint density at radius 2 is 1.89 bits per heavy atom. The van der Waals surface area contributed by atoms with Crippen molar-refractivity contribution in [3.05, 3.63) is 78.1 Å². The van der Waals surface area contributed by atoms with Crippen molar-refractivity contribution >= 4 is 0 Å². The van der Waals surface area contributed by atoms with Gasteiger partial charge in [0.25, 0.3) is 0 Å². The number of ether oxygens (including phenoxy) is 1. The van der Waals surface area contributed by atoms with Crippen LogP contribution in [0.3, 0.4) is 0 Å². The SMILES string of the molecule is C=CCc1cc(F)ccc1OCc1ccccc1. The maximum atomic E-state index is 13.1. The fraction of sp³-hybridized carbons (Fsp3) is 0.125. The van der Waals surface area contributed by atoms with E-state index in [1.807, 2.05) is 30.3 Å². The molecule has 2 aromatic carbocycles. The number of allylic oxidation sites excluding steroid dienone is 1. The second kappa shape index (κ2) is 6.01. The van der Waals surface area contributed by atoms with Crippen LogP contribution in [-0.2, 0) is 13.0 Å². The highest BCUT2D eigenvalue weighted by Crippen LogP contribution is 2.21. The van der Waals surface area contributed by atoms with Crippen LogP contribution in [0.15, 0.2) is 61.2 Å². The van der Waals surface area contributed by atoms with Crippen LogP contribution in [0.5, 0.6) is 5.75 Å². The summed E-state index contributed by atoms with van der Waals surface area (Å²) < 4.78 is 18.9. The summed E-state index contributed by atoms with van der Waals surface area (Å²) in [6.07, 6.45) is 2.34. The molecular formula is C16H15FO. The van der Waals surface area contributed by atoms with E-state index in [9.17, 15) is 4.39 Å². The lowest BCUT2D eigenvalue weighted by atomic mass is 10.1. The van der Waals surface area contributed by atoms with E-state index < -0.39 is 0 Å². The molecule has 0 aromatic heterocycles. The first-order valence-corrected chi connectivity index (χ1v) is 5.85. The molecule has 0 spiro atoms. The maximum Gasteiger partial charge on any atom is 0.123 e. The normalized spacial score (nSPS) is 10.1. The van der Waals surface area contributed by atoms with E-state index >= 15 is 0 Å². The van der Waals surface area contributed by atoms with Crippen molar-refractivity contribution in [2.24, 2.45) is 0 Å². The van der Waals surface area contributed by atoms with E-state index in [4.69, 9.17) is 4.74 Å². The van der Waals surface area contributed by atoms with Crippen molar-refractivity contribution in [3.8, 4) is 5.75 Å². The molecule has 2 rings (SSSR count). The van der Waals surface area contributed by atoms with Crippen LogP contribution in [-0.4, -0.2) is 0 Å². The average molecular weight is 242 g/mol. The van der Waals surface area contributed by atoms with Crippen LogP contribution in [0.1, 0.15) is 11.1 Å². The Morgan fingerprint density at radius 3 is 2.61 bits per heavy atom. The Hall–Kier alpha value is -2.09. The topological polar surface area (TPSA) is 9.23 Å². The summed E-state index contributed by atoms with van der Waals surface area (Å²) in [6, 6.07) is 14.5. The highest BCUT2D eigenvalue weighted by Gasteiger charge is 2.04. The predicted octanol–water partition coefficient (Wildman–Crippen LogP) is 4.13. The Bertz CT molecular complexity index is 520. The zero-order valence-electron chi connectivity index (χ0n) is 10.1. The smallest absolute Gasteiger partial charge is 0.123 e. The maximum absolute atomic E-state index is 13.1. The molecule has 0 atom stereocenters. The lowest BCUT2D eigenvalue weighted by Gasteiger charge is -2.10. The van der Waals surface area contributed by atoms with Crippen LogP contribution in [0.2, 0.25) is 0 Å². The summed E-state index contributed by atoms with van der Waals surface area (Å²) in [5.41, 5.74) is 1.91. The first kappa shape index (κ1) is 12.4. The van der Waals surface area contributed by atoms with Crippen molar-refractivity contribution in [1.82, 2.24) is 0 Å². The zero-order chi connectivity index (χ0) is 12.8. The fourth-order valence-electron chi connectivity index (χ4n) is 1.74. The molecule has 0 aliphatic heterocycles. The second-order valence-corrected chi connectivity index (χ2v) is 4.02. The minimum absolute atomic E-state index is 0.251. The standard InChI is InChI=1S/C16H15FO/c1-2-6-14-11-15(17)9-10-16(14)18-12-13-7-4-3-5-8-13/h2-5,7-11H,1,6,12H2. The van der Waals surface area contributed by atoms with Crippen molar-refractivity contribution in [2.75, 3.05) is 0 Å². The predicted molar refractivity (Wildman–Crippen MR) is 71.1 cm³/mol. The van der Waals surface area contributed by atoms with E-state index in [1.54, 1.807) is 12.1 Å². The molecule has 0 aliphatic carbocycles. The van der Waals surface area contributed by atoms with Gasteiger partial charge in [0.1, 0.15) is 18.2 Å².